The van der Waals surface area contributed by atoms with Gasteiger partial charge in [0.1, 0.15) is 5.75 Å². The summed E-state index contributed by atoms with van der Waals surface area (Å²) in [6.45, 7) is 2.99. The van der Waals surface area contributed by atoms with Crippen LogP contribution in [-0.4, -0.2) is 55.0 Å². The zero-order valence-electron chi connectivity index (χ0n) is 15.9. The van der Waals surface area contributed by atoms with Crippen molar-refractivity contribution < 1.29 is 14.3 Å². The standard InChI is InChI=1S/C21H25N3O3S/c1-27-19-7-5-17(6-8-19)21(26)22-14-20(25)23-18-4-2-3-16(13-18)15-24-9-11-28-12-10-24/h2-8,13H,9-12,14-15H2,1H3,(H,22,26)(H,23,25). The highest BCUT2D eigenvalue weighted by Gasteiger charge is 2.12. The van der Waals surface area contributed by atoms with Crippen LogP contribution in [0.3, 0.4) is 0 Å². The van der Waals surface area contributed by atoms with Gasteiger partial charge in [0.25, 0.3) is 5.91 Å². The number of ether oxygens (including phenoxy) is 1. The predicted molar refractivity (Wildman–Crippen MR) is 113 cm³/mol. The molecule has 0 radical (unpaired) electrons. The number of anilines is 1. The molecule has 28 heavy (non-hydrogen) atoms. The number of carbonyl (C=O) groups excluding carboxylic acids is 2. The van der Waals surface area contributed by atoms with Crippen LogP contribution in [0.4, 0.5) is 5.69 Å². The number of amides is 2. The van der Waals surface area contributed by atoms with Gasteiger partial charge in [-0.2, -0.15) is 11.8 Å². The molecule has 0 aromatic heterocycles. The second-order valence-corrected chi connectivity index (χ2v) is 7.77. The number of hydrogen-bond donors (Lipinski definition) is 2. The van der Waals surface area contributed by atoms with Crippen LogP contribution in [0, 0.1) is 0 Å². The summed E-state index contributed by atoms with van der Waals surface area (Å²) in [5.74, 6) is 2.47. The first kappa shape index (κ1) is 20.2. The highest BCUT2D eigenvalue weighted by Crippen LogP contribution is 2.16. The van der Waals surface area contributed by atoms with Crippen LogP contribution < -0.4 is 15.4 Å². The smallest absolute Gasteiger partial charge is 0.251 e. The van der Waals surface area contributed by atoms with Gasteiger partial charge in [-0.15, -0.1) is 0 Å². The quantitative estimate of drug-likeness (QED) is 0.749. The van der Waals surface area contributed by atoms with E-state index in [9.17, 15) is 9.59 Å². The van der Waals surface area contributed by atoms with Crippen LogP contribution in [0.15, 0.2) is 48.5 Å². The summed E-state index contributed by atoms with van der Waals surface area (Å²) in [4.78, 5) is 26.8. The fraction of sp³-hybridized carbons (Fsp3) is 0.333. The summed E-state index contributed by atoms with van der Waals surface area (Å²) >= 11 is 1.99. The van der Waals surface area contributed by atoms with Gasteiger partial charge in [0, 0.05) is 42.4 Å². The number of carbonyl (C=O) groups is 2. The fourth-order valence-corrected chi connectivity index (χ4v) is 3.95. The van der Waals surface area contributed by atoms with E-state index in [1.165, 1.54) is 17.1 Å². The minimum Gasteiger partial charge on any atom is -0.497 e. The molecule has 6 nitrogen and oxygen atoms in total. The first-order chi connectivity index (χ1) is 13.6. The third-order valence-electron chi connectivity index (χ3n) is 4.48. The Balaban J connectivity index is 1.48. The van der Waals surface area contributed by atoms with Crippen LogP contribution in [0.2, 0.25) is 0 Å². The van der Waals surface area contributed by atoms with Crippen molar-refractivity contribution in [1.82, 2.24) is 10.2 Å². The van der Waals surface area contributed by atoms with E-state index >= 15 is 0 Å². The van der Waals surface area contributed by atoms with Crippen molar-refractivity contribution in [2.75, 3.05) is 43.6 Å². The van der Waals surface area contributed by atoms with E-state index in [1.54, 1.807) is 31.4 Å². The largest absolute Gasteiger partial charge is 0.497 e. The van der Waals surface area contributed by atoms with E-state index in [1.807, 2.05) is 30.0 Å². The van der Waals surface area contributed by atoms with Crippen molar-refractivity contribution in [1.29, 1.82) is 0 Å². The van der Waals surface area contributed by atoms with Crippen molar-refractivity contribution in [3.8, 4) is 5.75 Å². The lowest BCUT2D eigenvalue weighted by Crippen LogP contribution is -2.33. The van der Waals surface area contributed by atoms with Crippen LogP contribution >= 0.6 is 11.8 Å². The van der Waals surface area contributed by atoms with Crippen molar-refractivity contribution in [3.05, 3.63) is 59.7 Å². The number of benzene rings is 2. The van der Waals surface area contributed by atoms with Gasteiger partial charge in [-0.3, -0.25) is 14.5 Å². The van der Waals surface area contributed by atoms with E-state index in [0.29, 0.717) is 11.3 Å². The third kappa shape index (κ3) is 6.00. The maximum Gasteiger partial charge on any atom is 0.251 e. The number of hydrogen-bond acceptors (Lipinski definition) is 5. The Kier molecular flexibility index (Phi) is 7.33. The van der Waals surface area contributed by atoms with Gasteiger partial charge in [0.2, 0.25) is 5.91 Å². The van der Waals surface area contributed by atoms with E-state index in [0.717, 1.165) is 25.3 Å². The normalized spacial score (nSPS) is 14.3. The fourth-order valence-electron chi connectivity index (χ4n) is 2.98. The van der Waals surface area contributed by atoms with Gasteiger partial charge in [0.05, 0.1) is 13.7 Å². The lowest BCUT2D eigenvalue weighted by Gasteiger charge is -2.26. The maximum atomic E-state index is 12.2. The third-order valence-corrected chi connectivity index (χ3v) is 5.42. The number of thioether (sulfide) groups is 1. The first-order valence-electron chi connectivity index (χ1n) is 9.25. The molecule has 1 aliphatic rings. The van der Waals surface area contributed by atoms with Crippen molar-refractivity contribution in [2.24, 2.45) is 0 Å². The molecule has 2 amide bonds. The maximum absolute atomic E-state index is 12.2. The molecular weight excluding hydrogens is 374 g/mol. The van der Waals surface area contributed by atoms with Crippen LogP contribution in [0.5, 0.6) is 5.75 Å². The molecule has 148 valence electrons. The van der Waals surface area contributed by atoms with Crippen molar-refractivity contribution >= 4 is 29.3 Å². The van der Waals surface area contributed by atoms with E-state index in [4.69, 9.17) is 4.74 Å². The molecule has 2 N–H and O–H groups in total. The molecular formula is C21H25N3O3S. The van der Waals surface area contributed by atoms with E-state index in [2.05, 4.69) is 21.6 Å². The SMILES string of the molecule is COc1ccc(C(=O)NCC(=O)Nc2cccc(CN3CCSCC3)c2)cc1. The summed E-state index contributed by atoms with van der Waals surface area (Å²) in [5, 5.41) is 5.48. The molecule has 2 aromatic rings. The minimum absolute atomic E-state index is 0.0849. The van der Waals surface area contributed by atoms with Crippen LogP contribution in [0.1, 0.15) is 15.9 Å². The number of nitrogens with one attached hydrogen (secondary N) is 2. The van der Waals surface area contributed by atoms with E-state index in [-0.39, 0.29) is 18.4 Å². The Morgan fingerprint density at radius 1 is 1.11 bits per heavy atom. The number of rotatable bonds is 7. The topological polar surface area (TPSA) is 70.7 Å². The average Bonchev–Trinajstić information content (AvgIpc) is 2.73. The van der Waals surface area contributed by atoms with Gasteiger partial charge in [-0.05, 0) is 42.0 Å². The molecule has 1 heterocycles. The molecule has 1 fully saturated rings. The Hall–Kier alpha value is -2.51. The predicted octanol–water partition coefficient (Wildman–Crippen LogP) is 2.61. The summed E-state index contributed by atoms with van der Waals surface area (Å²) < 4.78 is 5.07. The molecule has 0 spiro atoms. The van der Waals surface area contributed by atoms with E-state index < -0.39 is 0 Å². The molecule has 1 saturated heterocycles. The minimum atomic E-state index is -0.297. The summed E-state index contributed by atoms with van der Waals surface area (Å²) in [5.41, 5.74) is 2.40. The Bertz CT molecular complexity index is 805. The monoisotopic (exact) mass is 399 g/mol. The molecule has 3 rings (SSSR count). The zero-order chi connectivity index (χ0) is 19.8. The van der Waals surface area contributed by atoms with Gasteiger partial charge in [-0.25, -0.2) is 0 Å². The molecule has 0 aliphatic carbocycles. The Morgan fingerprint density at radius 2 is 1.86 bits per heavy atom. The van der Waals surface area contributed by atoms with Gasteiger partial charge in [0.15, 0.2) is 0 Å². The molecule has 0 unspecified atom stereocenters. The summed E-state index contributed by atoms with van der Waals surface area (Å²) in [6, 6.07) is 14.6. The Labute approximate surface area is 169 Å². The molecule has 0 bridgehead atoms. The molecule has 1 aliphatic heterocycles. The van der Waals surface area contributed by atoms with Gasteiger partial charge < -0.3 is 15.4 Å². The van der Waals surface area contributed by atoms with Crippen molar-refractivity contribution in [2.45, 2.75) is 6.54 Å². The van der Waals surface area contributed by atoms with Gasteiger partial charge in [-0.1, -0.05) is 12.1 Å². The highest BCUT2D eigenvalue weighted by atomic mass is 32.2. The molecule has 0 saturated carbocycles. The second-order valence-electron chi connectivity index (χ2n) is 6.55. The zero-order valence-corrected chi connectivity index (χ0v) is 16.8. The molecule has 0 atom stereocenters. The second kappa shape index (κ2) is 10.1. The van der Waals surface area contributed by atoms with Crippen LogP contribution in [-0.2, 0) is 11.3 Å². The Morgan fingerprint density at radius 3 is 2.57 bits per heavy atom. The van der Waals surface area contributed by atoms with Crippen LogP contribution in [0.25, 0.3) is 0 Å². The first-order valence-corrected chi connectivity index (χ1v) is 10.4. The summed E-state index contributed by atoms with van der Waals surface area (Å²) in [7, 11) is 1.57. The average molecular weight is 400 g/mol. The lowest BCUT2D eigenvalue weighted by atomic mass is 10.2. The summed E-state index contributed by atoms with van der Waals surface area (Å²) in [6.07, 6.45) is 0. The highest BCUT2D eigenvalue weighted by molar-refractivity contribution is 7.99. The molecule has 2 aromatic carbocycles. The number of methoxy groups -OCH3 is 1. The van der Waals surface area contributed by atoms with Gasteiger partial charge >= 0.3 is 0 Å². The number of nitrogens with zero attached hydrogens (tertiary/aromatic N) is 1. The molecule has 7 heteroatoms. The lowest BCUT2D eigenvalue weighted by molar-refractivity contribution is -0.115. The van der Waals surface area contributed by atoms with Crippen molar-refractivity contribution in [3.63, 3.8) is 0 Å².